The summed E-state index contributed by atoms with van der Waals surface area (Å²) in [6, 6.07) is -0.704. The molecule has 2 aliphatic rings. The Bertz CT molecular complexity index is 503. The normalized spacial score (nSPS) is 23.0. The first kappa shape index (κ1) is 19.7. The van der Waals surface area contributed by atoms with Gasteiger partial charge in [0.2, 0.25) is 5.91 Å². The Kier molecular flexibility index (Phi) is 7.50. The van der Waals surface area contributed by atoms with Crippen LogP contribution in [0.4, 0.5) is 0 Å². The van der Waals surface area contributed by atoms with Gasteiger partial charge in [-0.1, -0.05) is 19.3 Å². The van der Waals surface area contributed by atoms with Crippen molar-refractivity contribution in [1.29, 1.82) is 0 Å². The highest BCUT2D eigenvalue weighted by molar-refractivity contribution is 7.90. The van der Waals surface area contributed by atoms with Crippen molar-refractivity contribution in [3.63, 3.8) is 0 Å². The van der Waals surface area contributed by atoms with E-state index in [1.165, 1.54) is 38.4 Å². The fourth-order valence-corrected chi connectivity index (χ4v) is 4.49. The number of hydrogen-bond donors (Lipinski definition) is 1. The van der Waals surface area contributed by atoms with Gasteiger partial charge in [0.15, 0.2) is 0 Å². The monoisotopic (exact) mass is 359 g/mol. The molecule has 2 N–H and O–H groups in total. The number of hydrogen-bond acceptors (Lipinski definition) is 5. The van der Waals surface area contributed by atoms with E-state index in [0.29, 0.717) is 6.54 Å². The number of nitrogens with two attached hydrogens (primary N) is 1. The summed E-state index contributed by atoms with van der Waals surface area (Å²) in [6.45, 7) is 4.53. The second kappa shape index (κ2) is 9.15. The van der Waals surface area contributed by atoms with E-state index in [1.807, 2.05) is 4.90 Å². The third-order valence-corrected chi connectivity index (χ3v) is 6.24. The lowest BCUT2D eigenvalue weighted by Gasteiger charge is -2.29. The molecule has 1 saturated heterocycles. The lowest BCUT2D eigenvalue weighted by molar-refractivity contribution is -0.132. The summed E-state index contributed by atoms with van der Waals surface area (Å²) in [5.41, 5.74) is 5.92. The van der Waals surface area contributed by atoms with Crippen LogP contribution in [-0.4, -0.2) is 74.9 Å². The van der Waals surface area contributed by atoms with Gasteiger partial charge in [-0.05, 0) is 38.1 Å². The minimum atomic E-state index is -3.07. The molecule has 1 amide bonds. The van der Waals surface area contributed by atoms with E-state index >= 15 is 0 Å². The number of amides is 1. The van der Waals surface area contributed by atoms with Crippen molar-refractivity contribution in [2.75, 3.05) is 44.7 Å². The van der Waals surface area contributed by atoms with Crippen molar-refractivity contribution in [2.45, 2.75) is 51.0 Å². The maximum absolute atomic E-state index is 12.5. The number of carbonyl (C=O) groups is 1. The maximum Gasteiger partial charge on any atom is 0.239 e. The van der Waals surface area contributed by atoms with Crippen LogP contribution in [-0.2, 0) is 14.6 Å². The van der Waals surface area contributed by atoms with Crippen LogP contribution in [0.3, 0.4) is 0 Å². The zero-order chi connectivity index (χ0) is 17.6. The highest BCUT2D eigenvalue weighted by Gasteiger charge is 2.25. The van der Waals surface area contributed by atoms with Gasteiger partial charge in [0.1, 0.15) is 9.84 Å². The molecule has 0 radical (unpaired) electrons. The Morgan fingerprint density at radius 3 is 2.46 bits per heavy atom. The first-order valence-electron chi connectivity index (χ1n) is 9.29. The van der Waals surface area contributed by atoms with Crippen LogP contribution >= 0.6 is 0 Å². The van der Waals surface area contributed by atoms with Gasteiger partial charge in [-0.2, -0.15) is 0 Å². The molecule has 7 heteroatoms. The summed E-state index contributed by atoms with van der Waals surface area (Å²) in [6.07, 6.45) is 9.14. The second-order valence-corrected chi connectivity index (χ2v) is 9.77. The summed E-state index contributed by atoms with van der Waals surface area (Å²) >= 11 is 0. The molecule has 24 heavy (non-hydrogen) atoms. The predicted octanol–water partition coefficient (Wildman–Crippen LogP) is 0.863. The van der Waals surface area contributed by atoms with Gasteiger partial charge in [0, 0.05) is 32.4 Å². The molecule has 1 saturated carbocycles. The van der Waals surface area contributed by atoms with Crippen molar-refractivity contribution < 1.29 is 13.2 Å². The largest absolute Gasteiger partial charge is 0.340 e. The summed E-state index contributed by atoms with van der Waals surface area (Å²) < 4.78 is 22.5. The molecule has 6 nitrogen and oxygen atoms in total. The SMILES string of the molecule is CS(=O)(=O)CCC(N)C(=O)N1CCCN(CC2CCCCC2)CC1. The Hall–Kier alpha value is -0.660. The first-order valence-corrected chi connectivity index (χ1v) is 11.4. The zero-order valence-corrected chi connectivity index (χ0v) is 15.8. The fraction of sp³-hybridized carbons (Fsp3) is 0.941. The number of carbonyl (C=O) groups excluding carboxylic acids is 1. The number of nitrogens with zero attached hydrogens (tertiary/aromatic N) is 2. The summed E-state index contributed by atoms with van der Waals surface area (Å²) in [5.74, 6) is 0.692. The second-order valence-electron chi connectivity index (χ2n) is 7.51. The number of rotatable bonds is 6. The van der Waals surface area contributed by atoms with Crippen LogP contribution in [0.1, 0.15) is 44.9 Å². The van der Waals surface area contributed by atoms with Crippen molar-refractivity contribution in [3.05, 3.63) is 0 Å². The molecule has 0 spiro atoms. The van der Waals surface area contributed by atoms with Gasteiger partial charge in [0.05, 0.1) is 11.8 Å². The molecule has 0 bridgehead atoms. The van der Waals surface area contributed by atoms with Crippen molar-refractivity contribution in [3.8, 4) is 0 Å². The number of sulfone groups is 1. The van der Waals surface area contributed by atoms with Gasteiger partial charge >= 0.3 is 0 Å². The molecular weight excluding hydrogens is 326 g/mol. The Morgan fingerprint density at radius 1 is 1.08 bits per heavy atom. The predicted molar refractivity (Wildman–Crippen MR) is 96.5 cm³/mol. The van der Waals surface area contributed by atoms with Gasteiger partial charge in [-0.3, -0.25) is 4.79 Å². The van der Waals surface area contributed by atoms with E-state index < -0.39 is 15.9 Å². The zero-order valence-electron chi connectivity index (χ0n) is 15.0. The van der Waals surface area contributed by atoms with E-state index in [9.17, 15) is 13.2 Å². The molecule has 2 fully saturated rings. The average Bonchev–Trinajstić information content (AvgIpc) is 2.78. The highest BCUT2D eigenvalue weighted by atomic mass is 32.2. The maximum atomic E-state index is 12.5. The molecule has 1 heterocycles. The molecule has 0 aromatic carbocycles. The summed E-state index contributed by atoms with van der Waals surface area (Å²) in [4.78, 5) is 16.8. The smallest absolute Gasteiger partial charge is 0.239 e. The lowest BCUT2D eigenvalue weighted by Crippen LogP contribution is -2.46. The average molecular weight is 360 g/mol. The van der Waals surface area contributed by atoms with Crippen LogP contribution in [0.25, 0.3) is 0 Å². The molecule has 1 aliphatic heterocycles. The van der Waals surface area contributed by atoms with Crippen LogP contribution < -0.4 is 5.73 Å². The Morgan fingerprint density at radius 2 is 1.79 bits per heavy atom. The third-order valence-electron chi connectivity index (χ3n) is 5.26. The van der Waals surface area contributed by atoms with E-state index in [4.69, 9.17) is 5.73 Å². The Balaban J connectivity index is 1.77. The third kappa shape index (κ3) is 6.69. The van der Waals surface area contributed by atoms with Crippen molar-refractivity contribution in [2.24, 2.45) is 11.7 Å². The van der Waals surface area contributed by atoms with E-state index in [1.54, 1.807) is 0 Å². The van der Waals surface area contributed by atoms with Gasteiger partial charge in [-0.15, -0.1) is 0 Å². The molecule has 1 atom stereocenters. The highest BCUT2D eigenvalue weighted by Crippen LogP contribution is 2.24. The molecule has 0 aromatic rings. The fourth-order valence-electron chi connectivity index (χ4n) is 3.81. The molecule has 2 rings (SSSR count). The van der Waals surface area contributed by atoms with Gasteiger partial charge in [0.25, 0.3) is 0 Å². The summed E-state index contributed by atoms with van der Waals surface area (Å²) in [7, 11) is -3.07. The van der Waals surface area contributed by atoms with Crippen molar-refractivity contribution >= 4 is 15.7 Å². The molecule has 1 aliphatic carbocycles. The standard InChI is InChI=1S/C17H33N3O3S/c1-24(22,23)13-8-16(18)17(21)20-10-5-9-19(11-12-20)14-15-6-3-2-4-7-15/h15-16H,2-14,18H2,1H3. The van der Waals surface area contributed by atoms with Crippen LogP contribution in [0.15, 0.2) is 0 Å². The topological polar surface area (TPSA) is 83.7 Å². The molecular formula is C17H33N3O3S. The Labute approximate surface area is 146 Å². The summed E-state index contributed by atoms with van der Waals surface area (Å²) in [5, 5.41) is 0. The first-order chi connectivity index (χ1) is 11.3. The lowest BCUT2D eigenvalue weighted by atomic mass is 9.89. The van der Waals surface area contributed by atoms with Crippen LogP contribution in [0.2, 0.25) is 0 Å². The van der Waals surface area contributed by atoms with Gasteiger partial charge in [-0.25, -0.2) is 8.42 Å². The minimum Gasteiger partial charge on any atom is -0.340 e. The van der Waals surface area contributed by atoms with Crippen LogP contribution in [0, 0.1) is 5.92 Å². The van der Waals surface area contributed by atoms with Crippen LogP contribution in [0.5, 0.6) is 0 Å². The van der Waals surface area contributed by atoms with Crippen molar-refractivity contribution in [1.82, 2.24) is 9.80 Å². The van der Waals surface area contributed by atoms with E-state index in [-0.39, 0.29) is 18.1 Å². The molecule has 0 aromatic heterocycles. The minimum absolute atomic E-state index is 0.0262. The van der Waals surface area contributed by atoms with E-state index in [2.05, 4.69) is 4.90 Å². The molecule has 1 unspecified atom stereocenters. The van der Waals surface area contributed by atoms with Gasteiger partial charge < -0.3 is 15.5 Å². The quantitative estimate of drug-likeness (QED) is 0.760. The molecule has 140 valence electrons. The van der Waals surface area contributed by atoms with E-state index in [0.717, 1.165) is 38.5 Å².